The second-order valence-corrected chi connectivity index (χ2v) is 4.52. The van der Waals surface area contributed by atoms with Crippen LogP contribution in [0.15, 0.2) is 12.4 Å². The molecule has 2 rings (SSSR count). The number of rotatable bonds is 3. The van der Waals surface area contributed by atoms with Gasteiger partial charge in [0, 0.05) is 17.8 Å². The summed E-state index contributed by atoms with van der Waals surface area (Å²) < 4.78 is 0. The van der Waals surface area contributed by atoms with Gasteiger partial charge in [0.1, 0.15) is 12.1 Å². The molecular weight excluding hydrogens is 218 g/mol. The van der Waals surface area contributed by atoms with E-state index in [0.29, 0.717) is 0 Å². The normalized spacial score (nSPS) is 24.3. The fourth-order valence-electron chi connectivity index (χ4n) is 2.32. The van der Waals surface area contributed by atoms with Crippen LogP contribution in [-0.4, -0.2) is 27.1 Å². The first kappa shape index (κ1) is 11.8. The number of nitrogens with zero attached hydrogens (tertiary/aromatic N) is 2. The molecule has 2 unspecified atom stereocenters. The van der Waals surface area contributed by atoms with E-state index in [1.54, 1.807) is 0 Å². The molecule has 0 bridgehead atoms. The monoisotopic (exact) mass is 235 g/mol. The van der Waals surface area contributed by atoms with Crippen LogP contribution in [0.25, 0.3) is 0 Å². The maximum absolute atomic E-state index is 11.1. The number of hydrogen-bond donors (Lipinski definition) is 2. The molecule has 0 aromatic carbocycles. The van der Waals surface area contributed by atoms with Gasteiger partial charge < -0.3 is 10.4 Å². The lowest BCUT2D eigenvalue weighted by Gasteiger charge is -2.29. The van der Waals surface area contributed by atoms with E-state index in [9.17, 15) is 4.79 Å². The van der Waals surface area contributed by atoms with E-state index in [1.165, 1.54) is 6.33 Å². The molecule has 0 amide bonds. The van der Waals surface area contributed by atoms with Crippen molar-refractivity contribution < 1.29 is 9.90 Å². The zero-order valence-electron chi connectivity index (χ0n) is 9.89. The average Bonchev–Trinajstić information content (AvgIpc) is 2.29. The highest BCUT2D eigenvalue weighted by Gasteiger charge is 2.30. The summed E-state index contributed by atoms with van der Waals surface area (Å²) in [5.74, 6) is -0.303. The molecule has 1 heterocycles. The van der Waals surface area contributed by atoms with Crippen LogP contribution in [-0.2, 0) is 4.79 Å². The van der Waals surface area contributed by atoms with Crippen LogP contribution in [0.4, 0.5) is 5.82 Å². The van der Waals surface area contributed by atoms with Gasteiger partial charge in [-0.1, -0.05) is 12.8 Å². The largest absolute Gasteiger partial charge is 0.481 e. The van der Waals surface area contributed by atoms with Gasteiger partial charge in [0.05, 0.1) is 5.92 Å². The van der Waals surface area contributed by atoms with E-state index in [0.717, 1.165) is 37.2 Å². The second-order valence-electron chi connectivity index (χ2n) is 4.52. The summed E-state index contributed by atoms with van der Waals surface area (Å²) in [4.78, 5) is 19.3. The molecule has 5 nitrogen and oxygen atoms in total. The fraction of sp³-hybridized carbons (Fsp3) is 0.583. The third kappa shape index (κ3) is 2.93. The number of carboxylic acid groups (broad SMARTS) is 1. The SMILES string of the molecule is Cc1cc(NC2CCCCC2C(=O)O)ncn1. The summed E-state index contributed by atoms with van der Waals surface area (Å²) in [5, 5.41) is 12.4. The highest BCUT2D eigenvalue weighted by molar-refractivity contribution is 5.71. The molecule has 2 N–H and O–H groups in total. The highest BCUT2D eigenvalue weighted by Crippen LogP contribution is 2.27. The molecule has 1 saturated carbocycles. The minimum atomic E-state index is -0.715. The predicted molar refractivity (Wildman–Crippen MR) is 63.8 cm³/mol. The first-order valence-electron chi connectivity index (χ1n) is 5.95. The van der Waals surface area contributed by atoms with Crippen LogP contribution < -0.4 is 5.32 Å². The van der Waals surface area contributed by atoms with Crippen molar-refractivity contribution in [1.29, 1.82) is 0 Å². The zero-order chi connectivity index (χ0) is 12.3. The van der Waals surface area contributed by atoms with Crippen LogP contribution in [0.3, 0.4) is 0 Å². The molecule has 1 aliphatic carbocycles. The van der Waals surface area contributed by atoms with E-state index in [1.807, 2.05) is 13.0 Å². The van der Waals surface area contributed by atoms with Crippen LogP contribution in [0.5, 0.6) is 0 Å². The van der Waals surface area contributed by atoms with Crippen molar-refractivity contribution in [3.63, 3.8) is 0 Å². The summed E-state index contributed by atoms with van der Waals surface area (Å²) in [6.07, 6.45) is 5.21. The van der Waals surface area contributed by atoms with E-state index >= 15 is 0 Å². The maximum atomic E-state index is 11.1. The summed E-state index contributed by atoms with van der Waals surface area (Å²) in [7, 11) is 0. The number of nitrogens with one attached hydrogen (secondary N) is 1. The fourth-order valence-corrected chi connectivity index (χ4v) is 2.32. The summed E-state index contributed by atoms with van der Waals surface area (Å²) >= 11 is 0. The number of aliphatic carboxylic acids is 1. The van der Waals surface area contributed by atoms with Gasteiger partial charge in [0.2, 0.25) is 0 Å². The Kier molecular flexibility index (Phi) is 3.56. The molecule has 2 atom stereocenters. The molecule has 1 aliphatic rings. The Labute approximate surface area is 100 Å². The topological polar surface area (TPSA) is 75.1 Å². The van der Waals surface area contributed by atoms with Crippen molar-refractivity contribution in [1.82, 2.24) is 9.97 Å². The Bertz CT molecular complexity index is 408. The Morgan fingerprint density at radius 1 is 1.41 bits per heavy atom. The molecule has 1 aromatic heterocycles. The minimum absolute atomic E-state index is 0.0180. The second kappa shape index (κ2) is 5.12. The summed E-state index contributed by atoms with van der Waals surface area (Å²) in [5.41, 5.74) is 0.880. The van der Waals surface area contributed by atoms with Crippen LogP contribution in [0.2, 0.25) is 0 Å². The van der Waals surface area contributed by atoms with Crippen molar-refractivity contribution in [3.8, 4) is 0 Å². The van der Waals surface area contributed by atoms with E-state index in [2.05, 4.69) is 15.3 Å². The van der Waals surface area contributed by atoms with E-state index in [-0.39, 0.29) is 12.0 Å². The van der Waals surface area contributed by atoms with Crippen molar-refractivity contribution in [2.24, 2.45) is 5.92 Å². The van der Waals surface area contributed by atoms with Gasteiger partial charge in [-0.3, -0.25) is 4.79 Å². The molecule has 17 heavy (non-hydrogen) atoms. The van der Waals surface area contributed by atoms with E-state index < -0.39 is 5.97 Å². The van der Waals surface area contributed by atoms with Gasteiger partial charge in [-0.05, 0) is 19.8 Å². The first-order chi connectivity index (χ1) is 8.16. The Morgan fingerprint density at radius 3 is 2.88 bits per heavy atom. The van der Waals surface area contributed by atoms with Crippen molar-refractivity contribution >= 4 is 11.8 Å². The lowest BCUT2D eigenvalue weighted by Crippen LogP contribution is -2.37. The lowest BCUT2D eigenvalue weighted by molar-refractivity contribution is -0.143. The molecule has 0 saturated heterocycles. The van der Waals surface area contributed by atoms with E-state index in [4.69, 9.17) is 5.11 Å². The van der Waals surface area contributed by atoms with Crippen molar-refractivity contribution in [2.75, 3.05) is 5.32 Å². The van der Waals surface area contributed by atoms with Gasteiger partial charge in [-0.15, -0.1) is 0 Å². The number of aromatic nitrogens is 2. The average molecular weight is 235 g/mol. The molecule has 1 aromatic rings. The number of carbonyl (C=O) groups is 1. The number of hydrogen-bond acceptors (Lipinski definition) is 4. The minimum Gasteiger partial charge on any atom is -0.481 e. The standard InChI is InChI=1S/C12H17N3O2/c1-8-6-11(14-7-13-8)15-10-5-3-2-4-9(10)12(16)17/h6-7,9-10H,2-5H2,1H3,(H,16,17)(H,13,14,15). The first-order valence-corrected chi connectivity index (χ1v) is 5.95. The zero-order valence-corrected chi connectivity index (χ0v) is 9.89. The summed E-state index contributed by atoms with van der Waals surface area (Å²) in [6, 6.07) is 1.82. The molecule has 92 valence electrons. The van der Waals surface area contributed by atoms with Gasteiger partial charge in [-0.25, -0.2) is 9.97 Å². The summed E-state index contributed by atoms with van der Waals surface area (Å²) in [6.45, 7) is 1.89. The molecular formula is C12H17N3O2. The molecule has 1 fully saturated rings. The highest BCUT2D eigenvalue weighted by atomic mass is 16.4. The Balaban J connectivity index is 2.08. The van der Waals surface area contributed by atoms with Crippen molar-refractivity contribution in [3.05, 3.63) is 18.1 Å². The van der Waals surface area contributed by atoms with Crippen LogP contribution in [0.1, 0.15) is 31.4 Å². The Morgan fingerprint density at radius 2 is 2.18 bits per heavy atom. The predicted octanol–water partition coefficient (Wildman–Crippen LogP) is 1.84. The molecule has 0 spiro atoms. The third-order valence-electron chi connectivity index (χ3n) is 3.22. The number of anilines is 1. The van der Waals surface area contributed by atoms with Gasteiger partial charge in [-0.2, -0.15) is 0 Å². The van der Waals surface area contributed by atoms with Crippen LogP contribution in [0, 0.1) is 12.8 Å². The molecule has 0 radical (unpaired) electrons. The van der Waals surface area contributed by atoms with Gasteiger partial charge >= 0.3 is 5.97 Å². The lowest BCUT2D eigenvalue weighted by atomic mass is 9.84. The number of carboxylic acids is 1. The Hall–Kier alpha value is -1.65. The van der Waals surface area contributed by atoms with Gasteiger partial charge in [0.25, 0.3) is 0 Å². The molecule has 5 heteroatoms. The van der Waals surface area contributed by atoms with Crippen LogP contribution >= 0.6 is 0 Å². The quantitative estimate of drug-likeness (QED) is 0.836. The smallest absolute Gasteiger partial charge is 0.308 e. The van der Waals surface area contributed by atoms with Crippen molar-refractivity contribution in [2.45, 2.75) is 38.6 Å². The third-order valence-corrected chi connectivity index (χ3v) is 3.22. The molecule has 0 aliphatic heterocycles. The number of aryl methyl sites for hydroxylation is 1. The maximum Gasteiger partial charge on any atom is 0.308 e. The van der Waals surface area contributed by atoms with Gasteiger partial charge in [0.15, 0.2) is 0 Å².